The van der Waals surface area contributed by atoms with E-state index in [4.69, 9.17) is 5.73 Å². The first-order valence-electron chi connectivity index (χ1n) is 5.51. The van der Waals surface area contributed by atoms with Gasteiger partial charge in [-0.15, -0.1) is 0 Å². The smallest absolute Gasteiger partial charge is 0.0922 e. The predicted molar refractivity (Wildman–Crippen MR) is 63.1 cm³/mol. The van der Waals surface area contributed by atoms with Crippen LogP contribution in [0.1, 0.15) is 12.5 Å². The van der Waals surface area contributed by atoms with Crippen LogP contribution in [0.5, 0.6) is 0 Å². The van der Waals surface area contributed by atoms with E-state index in [0.717, 1.165) is 18.8 Å². The van der Waals surface area contributed by atoms with Crippen molar-refractivity contribution in [3.63, 3.8) is 0 Å². The van der Waals surface area contributed by atoms with E-state index in [9.17, 15) is 0 Å². The Hall–Kier alpha value is -1.44. The van der Waals surface area contributed by atoms with Gasteiger partial charge < -0.3 is 11.1 Å². The van der Waals surface area contributed by atoms with Crippen molar-refractivity contribution in [3.05, 3.63) is 47.8 Å². The third-order valence-corrected chi connectivity index (χ3v) is 3.07. The molecule has 1 aromatic carbocycles. The summed E-state index contributed by atoms with van der Waals surface area (Å²) in [7, 11) is 0. The summed E-state index contributed by atoms with van der Waals surface area (Å²) in [4.78, 5) is 0. The van der Waals surface area contributed by atoms with Crippen molar-refractivity contribution in [1.82, 2.24) is 5.32 Å². The SMILES string of the molecule is CC(Cc1ccccc1)[C@H]1C=C(N)NC1. The normalized spacial score (nSPS) is 21.9. The molecule has 1 aliphatic rings. The average Bonchev–Trinajstić information content (AvgIpc) is 2.66. The van der Waals surface area contributed by atoms with E-state index in [2.05, 4.69) is 48.6 Å². The van der Waals surface area contributed by atoms with Crippen molar-refractivity contribution >= 4 is 0 Å². The highest BCUT2D eigenvalue weighted by Gasteiger charge is 2.19. The average molecular weight is 202 g/mol. The highest BCUT2D eigenvalue weighted by molar-refractivity contribution is 5.16. The van der Waals surface area contributed by atoms with Crippen LogP contribution in [0, 0.1) is 11.8 Å². The van der Waals surface area contributed by atoms with E-state index >= 15 is 0 Å². The molecular formula is C13H18N2. The van der Waals surface area contributed by atoms with Crippen molar-refractivity contribution in [1.29, 1.82) is 0 Å². The predicted octanol–water partition coefficient (Wildman–Crippen LogP) is 1.88. The summed E-state index contributed by atoms with van der Waals surface area (Å²) in [5.74, 6) is 2.05. The molecule has 0 radical (unpaired) electrons. The van der Waals surface area contributed by atoms with Crippen LogP contribution in [0.3, 0.4) is 0 Å². The summed E-state index contributed by atoms with van der Waals surface area (Å²) in [5, 5.41) is 3.18. The number of hydrogen-bond donors (Lipinski definition) is 2. The van der Waals surface area contributed by atoms with Crippen LogP contribution in [-0.4, -0.2) is 6.54 Å². The summed E-state index contributed by atoms with van der Waals surface area (Å²) in [6.07, 6.45) is 3.27. The number of nitrogens with one attached hydrogen (secondary N) is 1. The molecule has 0 spiro atoms. The van der Waals surface area contributed by atoms with E-state index < -0.39 is 0 Å². The molecule has 15 heavy (non-hydrogen) atoms. The van der Waals surface area contributed by atoms with E-state index in [1.165, 1.54) is 5.56 Å². The van der Waals surface area contributed by atoms with Gasteiger partial charge in [0, 0.05) is 12.5 Å². The van der Waals surface area contributed by atoms with Crippen LogP contribution < -0.4 is 11.1 Å². The van der Waals surface area contributed by atoms with Gasteiger partial charge in [0.05, 0.1) is 5.82 Å². The molecule has 0 aliphatic carbocycles. The molecule has 2 rings (SSSR count). The Morgan fingerprint density at radius 2 is 2.13 bits per heavy atom. The van der Waals surface area contributed by atoms with E-state index in [0.29, 0.717) is 11.8 Å². The molecule has 0 amide bonds. The topological polar surface area (TPSA) is 38.0 Å². The monoisotopic (exact) mass is 202 g/mol. The van der Waals surface area contributed by atoms with Gasteiger partial charge in [-0.05, 0) is 24.0 Å². The lowest BCUT2D eigenvalue weighted by Gasteiger charge is -2.16. The molecule has 1 unspecified atom stereocenters. The largest absolute Gasteiger partial charge is 0.386 e. The molecule has 80 valence electrons. The standard InChI is InChI=1S/C13H18N2/c1-10(12-8-13(14)15-9-12)7-11-5-3-2-4-6-11/h2-6,8,10,12,15H,7,9,14H2,1H3/t10?,12-/m0/s1. The van der Waals surface area contributed by atoms with E-state index in [1.54, 1.807) is 0 Å². The Morgan fingerprint density at radius 1 is 1.40 bits per heavy atom. The van der Waals surface area contributed by atoms with E-state index in [1.807, 2.05) is 0 Å². The summed E-state index contributed by atoms with van der Waals surface area (Å²) in [6, 6.07) is 10.6. The number of benzene rings is 1. The summed E-state index contributed by atoms with van der Waals surface area (Å²) < 4.78 is 0. The molecule has 1 aromatic rings. The molecule has 2 nitrogen and oxygen atoms in total. The third-order valence-electron chi connectivity index (χ3n) is 3.07. The highest BCUT2D eigenvalue weighted by atomic mass is 15.0. The van der Waals surface area contributed by atoms with Crippen molar-refractivity contribution < 1.29 is 0 Å². The van der Waals surface area contributed by atoms with Crippen molar-refractivity contribution in [2.45, 2.75) is 13.3 Å². The van der Waals surface area contributed by atoms with Crippen molar-refractivity contribution in [3.8, 4) is 0 Å². The molecule has 0 saturated heterocycles. The van der Waals surface area contributed by atoms with Crippen LogP contribution in [-0.2, 0) is 6.42 Å². The van der Waals surface area contributed by atoms with Gasteiger partial charge in [0.25, 0.3) is 0 Å². The highest BCUT2D eigenvalue weighted by Crippen LogP contribution is 2.21. The Kier molecular flexibility index (Phi) is 2.95. The molecule has 0 fully saturated rings. The Balaban J connectivity index is 1.96. The number of hydrogen-bond acceptors (Lipinski definition) is 2. The molecular weight excluding hydrogens is 184 g/mol. The molecule has 1 heterocycles. The second kappa shape index (κ2) is 4.39. The fraction of sp³-hybridized carbons (Fsp3) is 0.385. The molecule has 0 saturated carbocycles. The first-order chi connectivity index (χ1) is 7.25. The lowest BCUT2D eigenvalue weighted by Crippen LogP contribution is -2.20. The van der Waals surface area contributed by atoms with Gasteiger partial charge in [-0.25, -0.2) is 0 Å². The Labute approximate surface area is 91.2 Å². The first kappa shape index (κ1) is 10.1. The molecule has 2 atom stereocenters. The van der Waals surface area contributed by atoms with Crippen LogP contribution in [0.25, 0.3) is 0 Å². The second-order valence-corrected chi connectivity index (χ2v) is 4.33. The Morgan fingerprint density at radius 3 is 2.73 bits per heavy atom. The zero-order chi connectivity index (χ0) is 10.7. The van der Waals surface area contributed by atoms with Gasteiger partial charge >= 0.3 is 0 Å². The third kappa shape index (κ3) is 2.52. The van der Waals surface area contributed by atoms with Crippen LogP contribution in [0.15, 0.2) is 42.2 Å². The van der Waals surface area contributed by atoms with Gasteiger partial charge in [-0.3, -0.25) is 0 Å². The zero-order valence-electron chi connectivity index (χ0n) is 9.11. The molecule has 0 bridgehead atoms. The first-order valence-corrected chi connectivity index (χ1v) is 5.51. The van der Waals surface area contributed by atoms with E-state index in [-0.39, 0.29) is 0 Å². The quantitative estimate of drug-likeness (QED) is 0.785. The lowest BCUT2D eigenvalue weighted by molar-refractivity contribution is 0.436. The maximum atomic E-state index is 5.71. The number of rotatable bonds is 3. The number of nitrogens with two attached hydrogens (primary N) is 1. The molecule has 3 N–H and O–H groups in total. The van der Waals surface area contributed by atoms with Gasteiger partial charge in [0.15, 0.2) is 0 Å². The second-order valence-electron chi connectivity index (χ2n) is 4.33. The maximum Gasteiger partial charge on any atom is 0.0922 e. The molecule has 2 heteroatoms. The summed E-state index contributed by atoms with van der Waals surface area (Å²) in [6.45, 7) is 3.27. The Bertz CT molecular complexity index is 343. The van der Waals surface area contributed by atoms with Gasteiger partial charge in [-0.1, -0.05) is 37.3 Å². The van der Waals surface area contributed by atoms with Gasteiger partial charge in [-0.2, -0.15) is 0 Å². The lowest BCUT2D eigenvalue weighted by atomic mass is 9.89. The minimum absolute atomic E-state index is 0.574. The van der Waals surface area contributed by atoms with Crippen molar-refractivity contribution in [2.24, 2.45) is 17.6 Å². The minimum atomic E-state index is 0.574. The molecule has 1 aliphatic heterocycles. The van der Waals surface area contributed by atoms with Crippen molar-refractivity contribution in [2.75, 3.05) is 6.54 Å². The fourth-order valence-corrected chi connectivity index (χ4v) is 2.09. The maximum absolute atomic E-state index is 5.71. The zero-order valence-corrected chi connectivity index (χ0v) is 9.11. The summed E-state index contributed by atoms with van der Waals surface area (Å²) in [5.41, 5.74) is 7.11. The van der Waals surface area contributed by atoms with Crippen LogP contribution in [0.2, 0.25) is 0 Å². The van der Waals surface area contributed by atoms with Crippen LogP contribution >= 0.6 is 0 Å². The minimum Gasteiger partial charge on any atom is -0.386 e. The van der Waals surface area contributed by atoms with Gasteiger partial charge in [0.1, 0.15) is 0 Å². The van der Waals surface area contributed by atoms with Gasteiger partial charge in [0.2, 0.25) is 0 Å². The fourth-order valence-electron chi connectivity index (χ4n) is 2.09. The molecule has 0 aromatic heterocycles. The summed E-state index contributed by atoms with van der Waals surface area (Å²) >= 11 is 0. The van der Waals surface area contributed by atoms with Crippen LogP contribution in [0.4, 0.5) is 0 Å².